The fraction of sp³-hybridized carbons (Fsp3) is 0.286. The predicted molar refractivity (Wildman–Crippen MR) is 133 cm³/mol. The molecule has 0 N–H and O–H groups in total. The van der Waals surface area contributed by atoms with Crippen molar-refractivity contribution < 1.29 is 9.47 Å². The van der Waals surface area contributed by atoms with Crippen LogP contribution in [0.5, 0.6) is 11.5 Å². The van der Waals surface area contributed by atoms with Gasteiger partial charge < -0.3 is 9.47 Å². The van der Waals surface area contributed by atoms with Gasteiger partial charge in [-0.3, -0.25) is 9.36 Å². The lowest BCUT2D eigenvalue weighted by Crippen LogP contribution is -2.24. The van der Waals surface area contributed by atoms with E-state index in [0.717, 1.165) is 29.9 Å². The molecule has 0 radical (unpaired) electrons. The summed E-state index contributed by atoms with van der Waals surface area (Å²) in [6, 6.07) is 23.4. The molecular weight excluding hydrogens is 412 g/mol. The number of nitrogens with zero attached hydrogens (tertiary/aromatic N) is 2. The molecule has 5 heteroatoms. The number of rotatable bonds is 9. The molecule has 0 unspecified atom stereocenters. The van der Waals surface area contributed by atoms with E-state index >= 15 is 0 Å². The molecule has 33 heavy (non-hydrogen) atoms. The van der Waals surface area contributed by atoms with Crippen LogP contribution in [0.2, 0.25) is 0 Å². The Morgan fingerprint density at radius 3 is 2.39 bits per heavy atom. The van der Waals surface area contributed by atoms with E-state index in [1.165, 1.54) is 5.56 Å². The molecule has 0 saturated heterocycles. The number of benzene rings is 3. The van der Waals surface area contributed by atoms with Gasteiger partial charge in [-0.2, -0.15) is 0 Å². The summed E-state index contributed by atoms with van der Waals surface area (Å²) in [6.45, 7) is 5.52. The fourth-order valence-electron chi connectivity index (χ4n) is 3.98. The molecule has 0 amide bonds. The average Bonchev–Trinajstić information content (AvgIpc) is 2.85. The van der Waals surface area contributed by atoms with E-state index < -0.39 is 0 Å². The van der Waals surface area contributed by atoms with Gasteiger partial charge in [-0.05, 0) is 66.8 Å². The Kier molecular flexibility index (Phi) is 7.08. The lowest BCUT2D eigenvalue weighted by Gasteiger charge is -2.15. The van der Waals surface area contributed by atoms with Gasteiger partial charge in [-0.1, -0.05) is 44.2 Å². The number of hydrogen-bond acceptors (Lipinski definition) is 4. The monoisotopic (exact) mass is 442 g/mol. The van der Waals surface area contributed by atoms with Gasteiger partial charge >= 0.3 is 0 Å². The minimum Gasteiger partial charge on any atom is -0.497 e. The Morgan fingerprint density at radius 1 is 0.909 bits per heavy atom. The first-order valence-corrected chi connectivity index (χ1v) is 11.4. The van der Waals surface area contributed by atoms with Crippen molar-refractivity contribution in [1.82, 2.24) is 9.55 Å². The number of methoxy groups -OCH3 is 1. The maximum Gasteiger partial charge on any atom is 0.261 e. The molecule has 0 aliphatic rings. The quantitative estimate of drug-likeness (QED) is 0.296. The summed E-state index contributed by atoms with van der Waals surface area (Å²) in [6.07, 6.45) is 1.65. The molecule has 0 atom stereocenters. The van der Waals surface area contributed by atoms with Crippen LogP contribution in [-0.4, -0.2) is 23.3 Å². The van der Waals surface area contributed by atoms with Gasteiger partial charge in [0, 0.05) is 12.1 Å². The third kappa shape index (κ3) is 5.08. The molecular formula is C28H30N2O3. The number of aromatic nitrogens is 2. The molecule has 0 bridgehead atoms. The van der Waals surface area contributed by atoms with Gasteiger partial charge in [-0.25, -0.2) is 4.98 Å². The molecule has 170 valence electrons. The molecule has 0 aliphatic carbocycles. The summed E-state index contributed by atoms with van der Waals surface area (Å²) in [5, 5.41) is 0.636. The number of para-hydroxylation sites is 2. The third-order valence-corrected chi connectivity index (χ3v) is 5.78. The van der Waals surface area contributed by atoms with Crippen LogP contribution in [-0.2, 0) is 6.54 Å². The Bertz CT molecular complexity index is 1280. The van der Waals surface area contributed by atoms with Crippen molar-refractivity contribution in [3.05, 3.63) is 88.7 Å². The van der Waals surface area contributed by atoms with E-state index in [1.807, 2.05) is 66.7 Å². The molecule has 4 rings (SSSR count). The van der Waals surface area contributed by atoms with Crippen molar-refractivity contribution in [1.29, 1.82) is 0 Å². The van der Waals surface area contributed by atoms with Crippen LogP contribution in [0.1, 0.15) is 38.2 Å². The molecule has 0 fully saturated rings. The summed E-state index contributed by atoms with van der Waals surface area (Å²) >= 11 is 0. The van der Waals surface area contributed by atoms with E-state index in [-0.39, 0.29) is 5.56 Å². The predicted octanol–water partition coefficient (Wildman–Crippen LogP) is 6.05. The fourth-order valence-corrected chi connectivity index (χ4v) is 3.98. The van der Waals surface area contributed by atoms with Crippen LogP contribution >= 0.6 is 0 Å². The highest BCUT2D eigenvalue weighted by Crippen LogP contribution is 2.26. The van der Waals surface area contributed by atoms with Crippen LogP contribution in [0, 0.1) is 0 Å². The highest BCUT2D eigenvalue weighted by Gasteiger charge is 2.13. The molecule has 4 aromatic rings. The molecule has 1 aromatic heterocycles. The SMILES string of the molecule is COc1ccc(-c2nc3ccccc3c(=O)n2CCCCOc2ccccc2C(C)C)cc1. The molecule has 3 aromatic carbocycles. The standard InChI is InChI=1S/C28H30N2O3/c1-20(2)23-10-5-7-13-26(23)33-19-9-8-18-30-27(21-14-16-22(32-3)17-15-21)29-25-12-6-4-11-24(25)28(30)31/h4-7,10-17,20H,8-9,18-19H2,1-3H3. The Labute approximate surface area is 194 Å². The summed E-state index contributed by atoms with van der Waals surface area (Å²) in [4.78, 5) is 18.1. The largest absolute Gasteiger partial charge is 0.497 e. The smallest absolute Gasteiger partial charge is 0.261 e. The van der Waals surface area contributed by atoms with Crippen molar-refractivity contribution in [2.24, 2.45) is 0 Å². The van der Waals surface area contributed by atoms with Crippen molar-refractivity contribution in [3.8, 4) is 22.9 Å². The zero-order valence-electron chi connectivity index (χ0n) is 19.5. The molecule has 0 spiro atoms. The van der Waals surface area contributed by atoms with E-state index in [4.69, 9.17) is 14.5 Å². The van der Waals surface area contributed by atoms with Crippen molar-refractivity contribution in [2.45, 2.75) is 39.2 Å². The first kappa shape index (κ1) is 22.6. The Balaban J connectivity index is 1.53. The summed E-state index contributed by atoms with van der Waals surface area (Å²) in [5.41, 5.74) is 2.80. The Hall–Kier alpha value is -3.60. The zero-order valence-corrected chi connectivity index (χ0v) is 19.5. The maximum absolute atomic E-state index is 13.3. The van der Waals surface area contributed by atoms with Crippen LogP contribution in [0.15, 0.2) is 77.6 Å². The van der Waals surface area contributed by atoms with Gasteiger partial charge in [0.25, 0.3) is 5.56 Å². The molecule has 1 heterocycles. The number of unbranched alkanes of at least 4 members (excludes halogenated alkanes) is 1. The van der Waals surface area contributed by atoms with Crippen molar-refractivity contribution in [3.63, 3.8) is 0 Å². The van der Waals surface area contributed by atoms with Crippen LogP contribution < -0.4 is 15.0 Å². The summed E-state index contributed by atoms with van der Waals surface area (Å²) in [5.74, 6) is 2.80. The topological polar surface area (TPSA) is 53.3 Å². The van der Waals surface area contributed by atoms with Gasteiger partial charge in [0.05, 0.1) is 24.6 Å². The van der Waals surface area contributed by atoms with Crippen LogP contribution in [0.4, 0.5) is 0 Å². The van der Waals surface area contributed by atoms with E-state index in [2.05, 4.69) is 19.9 Å². The molecule has 5 nitrogen and oxygen atoms in total. The average molecular weight is 443 g/mol. The lowest BCUT2D eigenvalue weighted by atomic mass is 10.0. The first-order chi connectivity index (χ1) is 16.1. The Morgan fingerprint density at radius 2 is 1.64 bits per heavy atom. The van der Waals surface area contributed by atoms with Crippen LogP contribution in [0.3, 0.4) is 0 Å². The molecule has 0 saturated carbocycles. The second-order valence-electron chi connectivity index (χ2n) is 8.39. The second kappa shape index (κ2) is 10.3. The number of hydrogen-bond donors (Lipinski definition) is 0. The zero-order chi connectivity index (χ0) is 23.2. The minimum atomic E-state index is -0.0162. The third-order valence-electron chi connectivity index (χ3n) is 5.78. The number of fused-ring (bicyclic) bond motifs is 1. The molecule has 0 aliphatic heterocycles. The van der Waals surface area contributed by atoms with Crippen molar-refractivity contribution >= 4 is 10.9 Å². The van der Waals surface area contributed by atoms with Crippen molar-refractivity contribution in [2.75, 3.05) is 13.7 Å². The number of ether oxygens (including phenoxy) is 2. The highest BCUT2D eigenvalue weighted by molar-refractivity contribution is 5.79. The summed E-state index contributed by atoms with van der Waals surface area (Å²) < 4.78 is 13.1. The van der Waals surface area contributed by atoms with E-state index in [9.17, 15) is 4.79 Å². The van der Waals surface area contributed by atoms with E-state index in [1.54, 1.807) is 11.7 Å². The second-order valence-corrected chi connectivity index (χ2v) is 8.39. The highest BCUT2D eigenvalue weighted by atomic mass is 16.5. The first-order valence-electron chi connectivity index (χ1n) is 11.4. The van der Waals surface area contributed by atoms with Gasteiger partial charge in [0.15, 0.2) is 0 Å². The lowest BCUT2D eigenvalue weighted by molar-refractivity contribution is 0.299. The van der Waals surface area contributed by atoms with Gasteiger partial charge in [0.1, 0.15) is 17.3 Å². The maximum atomic E-state index is 13.3. The normalized spacial score (nSPS) is 11.2. The minimum absolute atomic E-state index is 0.0162. The van der Waals surface area contributed by atoms with E-state index in [0.29, 0.717) is 35.8 Å². The van der Waals surface area contributed by atoms with Gasteiger partial charge in [-0.15, -0.1) is 0 Å². The summed E-state index contributed by atoms with van der Waals surface area (Å²) in [7, 11) is 1.64. The van der Waals surface area contributed by atoms with Crippen LogP contribution in [0.25, 0.3) is 22.3 Å². The van der Waals surface area contributed by atoms with Gasteiger partial charge in [0.2, 0.25) is 0 Å².